The number of hydrogen-bond acceptors (Lipinski definition) is 12. The maximum Gasteiger partial charge on any atom is 0.345 e. The number of rotatable bonds is 13. The molecule has 6 heterocycles. The molecule has 0 spiro atoms. The number of esters is 2. The molecule has 0 fully saturated rings. The van der Waals surface area contributed by atoms with Crippen LogP contribution in [0.4, 0.5) is 17.1 Å². The molecule has 9 aromatic rings. The Morgan fingerprint density at radius 3 is 1.91 bits per heavy atom. The first-order valence-electron chi connectivity index (χ1n) is 29.4. The molecule has 0 saturated heterocycles. The summed E-state index contributed by atoms with van der Waals surface area (Å²) in [5.74, 6) is 0.545. The van der Waals surface area contributed by atoms with E-state index in [4.69, 9.17) is 18.9 Å². The van der Waals surface area contributed by atoms with Crippen molar-refractivity contribution in [2.45, 2.75) is 94.1 Å². The fourth-order valence-electron chi connectivity index (χ4n) is 14.0. The van der Waals surface area contributed by atoms with Gasteiger partial charge in [-0.05, 0) is 171 Å². The molecule has 0 atom stereocenters. The van der Waals surface area contributed by atoms with Crippen LogP contribution in [0.1, 0.15) is 114 Å². The van der Waals surface area contributed by atoms with Gasteiger partial charge in [-0.1, -0.05) is 60.7 Å². The van der Waals surface area contributed by atoms with Gasteiger partial charge in [0.25, 0.3) is 20.1 Å². The van der Waals surface area contributed by atoms with Gasteiger partial charge < -0.3 is 28.7 Å². The first-order valence-corrected chi connectivity index (χ1v) is 32.3. The van der Waals surface area contributed by atoms with Crippen LogP contribution in [-0.2, 0) is 70.8 Å². The van der Waals surface area contributed by atoms with Crippen LogP contribution in [0.2, 0.25) is 0 Å². The molecule has 5 aliphatic rings. The summed E-state index contributed by atoms with van der Waals surface area (Å²) in [5.41, 5.74) is 14.0. The average molecular weight is 1190 g/mol. The number of nitrogens with one attached hydrogen (secondary N) is 1. The van der Waals surface area contributed by atoms with Crippen molar-refractivity contribution < 1.29 is 54.5 Å². The lowest BCUT2D eigenvalue weighted by Gasteiger charge is -2.43. The van der Waals surface area contributed by atoms with Gasteiger partial charge in [-0.25, -0.2) is 18.0 Å². The van der Waals surface area contributed by atoms with Gasteiger partial charge in [0, 0.05) is 77.5 Å². The maximum atomic E-state index is 14.5. The highest BCUT2D eigenvalue weighted by molar-refractivity contribution is 7.92. The number of benzene rings is 8. The minimum atomic E-state index is -5.01. The van der Waals surface area contributed by atoms with Crippen LogP contribution >= 0.6 is 0 Å². The zero-order valence-corrected chi connectivity index (χ0v) is 49.6. The van der Waals surface area contributed by atoms with Gasteiger partial charge in [0.2, 0.25) is 11.0 Å². The Bertz CT molecular complexity index is 4460. The van der Waals surface area contributed by atoms with Crippen molar-refractivity contribution in [1.82, 2.24) is 0 Å². The van der Waals surface area contributed by atoms with Crippen molar-refractivity contribution in [3.63, 3.8) is 0 Å². The summed E-state index contributed by atoms with van der Waals surface area (Å²) in [5, 5.41) is 1.29. The SMILES string of the molecule is Cc1cc(C(=O)OCc2ccccc2)cc(C)c1OC(=O)c1c2ccccc2[n+](C)c2cc(OCc3cccc(NS(=O)(=O)c4ccc(C5c6cc7c8c(c6Oc6c5cc5c9c6CCCN9CCC5)CCCN8CCC7)c(S(=O)(=O)O)c4)c3)ccc12. The van der Waals surface area contributed by atoms with Crippen LogP contribution in [0, 0.1) is 13.8 Å². The zero-order chi connectivity index (χ0) is 59.2. The molecule has 1 aromatic heterocycles. The highest BCUT2D eigenvalue weighted by Gasteiger charge is 2.42. The van der Waals surface area contributed by atoms with E-state index in [1.165, 1.54) is 28.6 Å². The molecule has 0 aliphatic carbocycles. The standard InChI is InChI=1S/C69H62N4O11S2/c1-41-32-47(68(74)82-39-43-14-5-4-6-15-43)33-42(2)65(41)84-69(75)62-51-20-7-8-23-58(51)71(3)59-37-49(24-26-52(59)62)81-40-44-16-9-19-48(34-44)70-85(76,77)50-25-27-53(60(38-50)86(78,79)80)61-56-35-45-17-10-28-72-30-12-21-54(63(45)72)66(56)83-67-55-22-13-31-73-29-11-18-46(64(55)73)36-57(61)67/h4-9,14-16,19-20,23-27,32-38,61,70H,10-13,17-18,21-22,28-31,39-40H2,1-3H3/p+1. The average Bonchev–Trinajstić information content (AvgIpc) is 0.876. The van der Waals surface area contributed by atoms with Gasteiger partial charge in [0.05, 0.1) is 37.8 Å². The van der Waals surface area contributed by atoms with E-state index in [9.17, 15) is 31.0 Å². The predicted molar refractivity (Wildman–Crippen MR) is 329 cm³/mol. The Morgan fingerprint density at radius 2 is 1.24 bits per heavy atom. The van der Waals surface area contributed by atoms with E-state index < -0.39 is 42.9 Å². The molecule has 14 rings (SSSR count). The minimum Gasteiger partial charge on any atom is -0.489 e. The third kappa shape index (κ3) is 9.84. The molecule has 15 nitrogen and oxygen atoms in total. The normalized spacial score (nSPS) is 15.3. The summed E-state index contributed by atoms with van der Waals surface area (Å²) >= 11 is 0. The number of nitrogens with zero attached hydrogens (tertiary/aromatic N) is 3. The van der Waals surface area contributed by atoms with Gasteiger partial charge >= 0.3 is 11.9 Å². The molecule has 2 N–H and O–H groups in total. The van der Waals surface area contributed by atoms with Gasteiger partial charge in [0.1, 0.15) is 43.3 Å². The molecule has 17 heteroatoms. The first kappa shape index (κ1) is 55.1. The van der Waals surface area contributed by atoms with Crippen molar-refractivity contribution in [1.29, 1.82) is 0 Å². The Labute approximate surface area is 499 Å². The van der Waals surface area contributed by atoms with E-state index in [1.807, 2.05) is 78.3 Å². The highest BCUT2D eigenvalue weighted by Crippen LogP contribution is 2.58. The summed E-state index contributed by atoms with van der Waals surface area (Å²) in [6, 6.07) is 40.8. The van der Waals surface area contributed by atoms with E-state index >= 15 is 0 Å². The number of para-hydroxylation sites is 1. The molecule has 8 aromatic carbocycles. The van der Waals surface area contributed by atoms with Crippen LogP contribution in [0.3, 0.4) is 0 Å². The van der Waals surface area contributed by atoms with E-state index in [0.717, 1.165) is 128 Å². The lowest BCUT2D eigenvalue weighted by molar-refractivity contribution is -0.617. The lowest BCUT2D eigenvalue weighted by atomic mass is 9.76. The number of hydrogen-bond donors (Lipinski definition) is 2. The number of carbonyl (C=O) groups excluding carboxylic acids is 2. The molecule has 0 unspecified atom stereocenters. The second-order valence-corrected chi connectivity index (χ2v) is 26.3. The van der Waals surface area contributed by atoms with E-state index in [1.54, 1.807) is 62.4 Å². The molecule has 0 radical (unpaired) electrons. The topological polar surface area (TPSA) is 182 Å². The van der Waals surface area contributed by atoms with Crippen molar-refractivity contribution in [3.8, 4) is 23.0 Å². The maximum absolute atomic E-state index is 14.5. The third-order valence-corrected chi connectivity index (χ3v) is 20.0. The summed E-state index contributed by atoms with van der Waals surface area (Å²) in [7, 11) is -7.56. The Balaban J connectivity index is 0.735. The van der Waals surface area contributed by atoms with Crippen molar-refractivity contribution in [2.75, 3.05) is 40.7 Å². The molecular formula is C69H63N4O11S2+. The van der Waals surface area contributed by atoms with Crippen molar-refractivity contribution in [2.24, 2.45) is 7.05 Å². The van der Waals surface area contributed by atoms with Gasteiger partial charge in [-0.2, -0.15) is 13.0 Å². The fourth-order valence-corrected chi connectivity index (χ4v) is 15.9. The minimum absolute atomic E-state index is 0.0309. The number of pyridine rings is 1. The summed E-state index contributed by atoms with van der Waals surface area (Å²) in [6.07, 6.45) is 7.28. The van der Waals surface area contributed by atoms with Crippen LogP contribution in [0.15, 0.2) is 149 Å². The van der Waals surface area contributed by atoms with Gasteiger partial charge in [-0.3, -0.25) is 9.27 Å². The number of carbonyl (C=O) groups is 2. The number of fused-ring (bicyclic) bond motifs is 6. The Hall–Kier alpha value is -8.77. The number of anilines is 3. The third-order valence-electron chi connectivity index (χ3n) is 17.7. The van der Waals surface area contributed by atoms with Crippen LogP contribution in [0.25, 0.3) is 21.8 Å². The van der Waals surface area contributed by atoms with Crippen LogP contribution in [-0.4, -0.2) is 59.5 Å². The molecule has 86 heavy (non-hydrogen) atoms. The molecule has 5 aliphatic heterocycles. The van der Waals surface area contributed by atoms with Crippen molar-refractivity contribution in [3.05, 3.63) is 212 Å². The second-order valence-electron chi connectivity index (χ2n) is 23.3. The molecule has 436 valence electrons. The van der Waals surface area contributed by atoms with E-state index in [0.29, 0.717) is 55.6 Å². The molecule has 0 bridgehead atoms. The molecule has 0 saturated carbocycles. The zero-order valence-electron chi connectivity index (χ0n) is 47.9. The number of aryl methyl sites for hydroxylation is 5. The fraction of sp³-hybridized carbons (Fsp3) is 0.261. The van der Waals surface area contributed by atoms with Crippen LogP contribution < -0.4 is 33.3 Å². The first-order chi connectivity index (χ1) is 41.6. The highest BCUT2D eigenvalue weighted by atomic mass is 32.2. The number of aromatic nitrogens is 1. The summed E-state index contributed by atoms with van der Waals surface area (Å²) in [4.78, 5) is 31.7. The van der Waals surface area contributed by atoms with Gasteiger partial charge in [-0.15, -0.1) is 0 Å². The van der Waals surface area contributed by atoms with Crippen molar-refractivity contribution >= 4 is 70.9 Å². The predicted octanol–water partition coefficient (Wildman–Crippen LogP) is 12.3. The summed E-state index contributed by atoms with van der Waals surface area (Å²) < 4.78 is 97.7. The largest absolute Gasteiger partial charge is 0.489 e. The van der Waals surface area contributed by atoms with Crippen LogP contribution in [0.5, 0.6) is 23.0 Å². The molecular weight excluding hydrogens is 1120 g/mol. The Kier molecular flexibility index (Phi) is 13.9. The van der Waals surface area contributed by atoms with E-state index in [-0.39, 0.29) is 29.4 Å². The Morgan fingerprint density at radius 1 is 0.628 bits per heavy atom. The quantitative estimate of drug-likeness (QED) is 0.0366. The monoisotopic (exact) mass is 1190 g/mol. The smallest absolute Gasteiger partial charge is 0.345 e. The lowest BCUT2D eigenvalue weighted by Crippen LogP contribution is -2.36. The van der Waals surface area contributed by atoms with E-state index in [2.05, 4.69) is 26.7 Å². The summed E-state index contributed by atoms with van der Waals surface area (Å²) in [6.45, 7) is 7.58. The second kappa shape index (κ2) is 21.6. The number of ether oxygens (including phenoxy) is 4. The number of sulfonamides is 1. The van der Waals surface area contributed by atoms with Gasteiger partial charge in [0.15, 0.2) is 0 Å². The molecule has 0 amide bonds.